The first-order valence-electron chi connectivity index (χ1n) is 9.32. The van der Waals surface area contributed by atoms with Crippen molar-refractivity contribution < 1.29 is 9.59 Å². The van der Waals surface area contributed by atoms with Crippen LogP contribution in [0.2, 0.25) is 0 Å². The van der Waals surface area contributed by atoms with E-state index in [0.29, 0.717) is 11.5 Å². The average molecular weight is 354 g/mol. The van der Waals surface area contributed by atoms with E-state index in [1.807, 2.05) is 44.2 Å². The summed E-state index contributed by atoms with van der Waals surface area (Å²) in [6.07, 6.45) is 5.57. The van der Waals surface area contributed by atoms with Crippen LogP contribution in [-0.2, 0) is 4.79 Å². The largest absolute Gasteiger partial charge is 0.348 e. The lowest BCUT2D eigenvalue weighted by Gasteiger charge is -2.22. The molecule has 1 fully saturated rings. The minimum atomic E-state index is -0.188. The van der Waals surface area contributed by atoms with Crippen LogP contribution in [0.25, 0.3) is 5.69 Å². The Labute approximate surface area is 154 Å². The van der Waals surface area contributed by atoms with Gasteiger partial charge in [-0.25, -0.2) is 4.68 Å². The van der Waals surface area contributed by atoms with E-state index < -0.39 is 0 Å². The number of carbonyl (C=O) groups is 2. The van der Waals surface area contributed by atoms with E-state index >= 15 is 0 Å². The predicted molar refractivity (Wildman–Crippen MR) is 101 cm³/mol. The summed E-state index contributed by atoms with van der Waals surface area (Å²) in [5, 5.41) is 10.4. The molecule has 1 aromatic heterocycles. The number of benzene rings is 1. The molecule has 6 nitrogen and oxygen atoms in total. The number of nitrogens with zero attached hydrogens (tertiary/aromatic N) is 2. The molecule has 0 bridgehead atoms. The van der Waals surface area contributed by atoms with Crippen molar-refractivity contribution in [1.82, 2.24) is 15.1 Å². The highest BCUT2D eigenvalue weighted by Crippen LogP contribution is 2.20. The number of nitrogens with one attached hydrogen (secondary N) is 2. The molecule has 26 heavy (non-hydrogen) atoms. The van der Waals surface area contributed by atoms with Gasteiger partial charge in [-0.1, -0.05) is 51.3 Å². The number of hydrogen-bond donors (Lipinski definition) is 2. The number of aromatic nitrogens is 2. The highest BCUT2D eigenvalue weighted by Gasteiger charge is 2.21. The van der Waals surface area contributed by atoms with Crippen LogP contribution in [0.4, 0.5) is 5.82 Å². The molecule has 0 spiro atoms. The summed E-state index contributed by atoms with van der Waals surface area (Å²) >= 11 is 0. The quantitative estimate of drug-likeness (QED) is 0.862. The SMILES string of the molecule is CC(C)C(=O)Nc1cc(C(=O)NC2CCCCC2)nn1-c1ccccc1. The van der Waals surface area contributed by atoms with E-state index in [1.165, 1.54) is 6.42 Å². The molecule has 1 aliphatic rings. The number of amides is 2. The van der Waals surface area contributed by atoms with Gasteiger partial charge < -0.3 is 10.6 Å². The second-order valence-corrected chi connectivity index (χ2v) is 7.11. The molecule has 2 amide bonds. The molecule has 138 valence electrons. The molecular weight excluding hydrogens is 328 g/mol. The molecule has 6 heteroatoms. The summed E-state index contributed by atoms with van der Waals surface area (Å²) in [6.45, 7) is 3.66. The maximum absolute atomic E-state index is 12.6. The molecule has 0 aliphatic heterocycles. The van der Waals surface area contributed by atoms with Crippen LogP contribution in [0.1, 0.15) is 56.4 Å². The van der Waals surface area contributed by atoms with Gasteiger partial charge in [0.2, 0.25) is 5.91 Å². The Morgan fingerprint density at radius 3 is 2.46 bits per heavy atom. The third kappa shape index (κ3) is 4.31. The Morgan fingerprint density at radius 2 is 1.81 bits per heavy atom. The molecular formula is C20H26N4O2. The van der Waals surface area contributed by atoms with Gasteiger partial charge in [0.05, 0.1) is 5.69 Å². The van der Waals surface area contributed by atoms with Gasteiger partial charge in [-0.15, -0.1) is 0 Å². The molecule has 3 rings (SSSR count). The lowest BCUT2D eigenvalue weighted by Crippen LogP contribution is -2.36. The smallest absolute Gasteiger partial charge is 0.272 e. The molecule has 0 radical (unpaired) electrons. The van der Waals surface area contributed by atoms with Crippen molar-refractivity contribution in [2.24, 2.45) is 5.92 Å². The minimum absolute atomic E-state index is 0.110. The first-order chi connectivity index (χ1) is 12.5. The van der Waals surface area contributed by atoms with Crippen LogP contribution < -0.4 is 10.6 Å². The van der Waals surface area contributed by atoms with Crippen LogP contribution >= 0.6 is 0 Å². The van der Waals surface area contributed by atoms with Gasteiger partial charge in [0.25, 0.3) is 5.91 Å². The standard InChI is InChI=1S/C20H26N4O2/c1-14(2)19(25)22-18-13-17(20(26)21-15-9-5-3-6-10-15)23-24(18)16-11-7-4-8-12-16/h4,7-8,11-15H,3,5-6,9-10H2,1-2H3,(H,21,26)(H,22,25). The van der Waals surface area contributed by atoms with Crippen molar-refractivity contribution in [3.8, 4) is 5.69 Å². The predicted octanol–water partition coefficient (Wildman–Crippen LogP) is 3.53. The first kappa shape index (κ1) is 18.2. The molecule has 1 aliphatic carbocycles. The van der Waals surface area contributed by atoms with Gasteiger partial charge in [-0.2, -0.15) is 5.10 Å². The Hall–Kier alpha value is -2.63. The second kappa shape index (κ2) is 8.17. The fourth-order valence-corrected chi connectivity index (χ4v) is 3.12. The van der Waals surface area contributed by atoms with E-state index in [0.717, 1.165) is 31.4 Å². The third-order valence-corrected chi connectivity index (χ3v) is 4.66. The van der Waals surface area contributed by atoms with Crippen molar-refractivity contribution in [1.29, 1.82) is 0 Å². The molecule has 0 saturated heterocycles. The summed E-state index contributed by atoms with van der Waals surface area (Å²) < 4.78 is 1.61. The van der Waals surface area contributed by atoms with Gasteiger partial charge in [0.1, 0.15) is 5.82 Å². The van der Waals surface area contributed by atoms with Crippen LogP contribution in [0.15, 0.2) is 36.4 Å². The third-order valence-electron chi connectivity index (χ3n) is 4.66. The van der Waals surface area contributed by atoms with Crippen LogP contribution in [0.3, 0.4) is 0 Å². The first-order valence-corrected chi connectivity index (χ1v) is 9.32. The minimum Gasteiger partial charge on any atom is -0.348 e. The molecule has 2 aromatic rings. The van der Waals surface area contributed by atoms with Crippen molar-refractivity contribution in [2.75, 3.05) is 5.32 Å². The highest BCUT2D eigenvalue weighted by molar-refractivity contribution is 5.96. The highest BCUT2D eigenvalue weighted by atomic mass is 16.2. The average Bonchev–Trinajstić information content (AvgIpc) is 3.07. The fourth-order valence-electron chi connectivity index (χ4n) is 3.12. The van der Waals surface area contributed by atoms with Crippen molar-refractivity contribution in [3.05, 3.63) is 42.1 Å². The van der Waals surface area contributed by atoms with Crippen LogP contribution in [0, 0.1) is 5.92 Å². The number of para-hydroxylation sites is 1. The Morgan fingerprint density at radius 1 is 1.12 bits per heavy atom. The second-order valence-electron chi connectivity index (χ2n) is 7.11. The molecule has 1 heterocycles. The summed E-state index contributed by atoms with van der Waals surface area (Å²) in [7, 11) is 0. The van der Waals surface area contributed by atoms with Gasteiger partial charge in [0, 0.05) is 18.0 Å². The van der Waals surface area contributed by atoms with Crippen molar-refractivity contribution >= 4 is 17.6 Å². The zero-order valence-electron chi connectivity index (χ0n) is 15.4. The number of hydrogen-bond acceptors (Lipinski definition) is 3. The van der Waals surface area contributed by atoms with E-state index in [1.54, 1.807) is 10.7 Å². The van der Waals surface area contributed by atoms with Crippen molar-refractivity contribution in [3.63, 3.8) is 0 Å². The van der Waals surface area contributed by atoms with Crippen LogP contribution in [-0.4, -0.2) is 27.6 Å². The summed E-state index contributed by atoms with van der Waals surface area (Å²) in [6, 6.07) is 11.3. The van der Waals surface area contributed by atoms with E-state index in [4.69, 9.17) is 0 Å². The monoisotopic (exact) mass is 354 g/mol. The Kier molecular flexibility index (Phi) is 5.71. The number of rotatable bonds is 5. The van der Waals surface area contributed by atoms with Crippen molar-refractivity contribution in [2.45, 2.75) is 52.0 Å². The van der Waals surface area contributed by atoms with E-state index in [9.17, 15) is 9.59 Å². The van der Waals surface area contributed by atoms with Gasteiger partial charge in [0.15, 0.2) is 5.69 Å². The maximum Gasteiger partial charge on any atom is 0.272 e. The Bertz CT molecular complexity index is 761. The number of carbonyl (C=O) groups excluding carboxylic acids is 2. The Balaban J connectivity index is 1.85. The van der Waals surface area contributed by atoms with Gasteiger partial charge in [-0.3, -0.25) is 9.59 Å². The number of anilines is 1. The lowest BCUT2D eigenvalue weighted by molar-refractivity contribution is -0.118. The molecule has 2 N–H and O–H groups in total. The summed E-state index contributed by atoms with van der Waals surface area (Å²) in [5.41, 5.74) is 1.11. The maximum atomic E-state index is 12.6. The molecule has 1 aromatic carbocycles. The zero-order chi connectivity index (χ0) is 18.5. The normalized spacial score (nSPS) is 15.0. The molecule has 1 saturated carbocycles. The zero-order valence-corrected chi connectivity index (χ0v) is 15.4. The topological polar surface area (TPSA) is 76.0 Å². The van der Waals surface area contributed by atoms with Gasteiger partial charge in [-0.05, 0) is 25.0 Å². The fraction of sp³-hybridized carbons (Fsp3) is 0.450. The van der Waals surface area contributed by atoms with E-state index in [2.05, 4.69) is 15.7 Å². The summed E-state index contributed by atoms with van der Waals surface area (Å²) in [4.78, 5) is 24.8. The molecule has 0 unspecified atom stereocenters. The van der Waals surface area contributed by atoms with Crippen LogP contribution in [0.5, 0.6) is 0 Å². The lowest BCUT2D eigenvalue weighted by atomic mass is 9.95. The molecule has 0 atom stereocenters. The van der Waals surface area contributed by atoms with E-state index in [-0.39, 0.29) is 23.8 Å². The van der Waals surface area contributed by atoms with Gasteiger partial charge >= 0.3 is 0 Å². The summed E-state index contributed by atoms with van der Waals surface area (Å²) in [5.74, 6) is 0.0466.